The van der Waals surface area contributed by atoms with Crippen LogP contribution in [0.1, 0.15) is 6.85 Å². The summed E-state index contributed by atoms with van der Waals surface area (Å²) in [5.41, 5.74) is 8.73. The summed E-state index contributed by atoms with van der Waals surface area (Å²) in [6.45, 7) is 0. The van der Waals surface area contributed by atoms with Crippen LogP contribution in [0.3, 0.4) is 0 Å². The van der Waals surface area contributed by atoms with E-state index in [0.29, 0.717) is 5.56 Å². The van der Waals surface area contributed by atoms with Crippen LogP contribution in [0.5, 0.6) is 0 Å². The molecule has 0 radical (unpaired) electrons. The summed E-state index contributed by atoms with van der Waals surface area (Å²) in [4.78, 5) is 5.15. The van der Waals surface area contributed by atoms with Gasteiger partial charge >= 0.3 is 0 Å². The van der Waals surface area contributed by atoms with Gasteiger partial charge in [0.25, 0.3) is 0 Å². The lowest BCUT2D eigenvalue weighted by atomic mass is 9.84. The molecule has 0 fully saturated rings. The molecule has 0 amide bonds. The number of benzene rings is 9. The monoisotopic (exact) mass is 653 g/mol. The summed E-state index contributed by atoms with van der Waals surface area (Å²) in [7, 11) is 0. The Hall–Kier alpha value is -6.77. The van der Waals surface area contributed by atoms with Crippen LogP contribution in [0.15, 0.2) is 194 Å². The van der Waals surface area contributed by atoms with Gasteiger partial charge in [-0.05, 0) is 96.0 Å². The number of fused-ring (bicyclic) bond motifs is 4. The first-order chi connectivity index (χ1) is 27.4. The average Bonchev–Trinajstić information content (AvgIpc) is 3.64. The van der Waals surface area contributed by atoms with Gasteiger partial charge in [-0.2, -0.15) is 0 Å². The van der Waals surface area contributed by atoms with Gasteiger partial charge in [-0.25, -0.2) is 4.98 Å². The van der Waals surface area contributed by atoms with Gasteiger partial charge < -0.3 is 0 Å². The van der Waals surface area contributed by atoms with E-state index in [1.807, 2.05) is 54.6 Å². The maximum absolute atomic E-state index is 9.04. The molecule has 0 spiro atoms. The van der Waals surface area contributed by atoms with E-state index in [-0.39, 0.29) is 29.7 Å². The van der Waals surface area contributed by atoms with Crippen molar-refractivity contribution in [2.24, 2.45) is 0 Å². The maximum Gasteiger partial charge on any atom is 0.145 e. The number of rotatable bonds is 5. The Bertz CT molecular complexity index is 3160. The summed E-state index contributed by atoms with van der Waals surface area (Å²) in [5, 5.41) is 5.79. The first-order valence-electron chi connectivity index (χ1n) is 19.6. The van der Waals surface area contributed by atoms with E-state index in [4.69, 9.17) is 11.8 Å². The molecular weight excluding hydrogens is 617 g/mol. The predicted molar refractivity (Wildman–Crippen MR) is 215 cm³/mol. The van der Waals surface area contributed by atoms with Crippen molar-refractivity contribution in [3.63, 3.8) is 0 Å². The van der Waals surface area contributed by atoms with Crippen molar-refractivity contribution in [3.05, 3.63) is 194 Å². The third-order valence-corrected chi connectivity index (χ3v) is 9.86. The smallest absolute Gasteiger partial charge is 0.145 e. The van der Waals surface area contributed by atoms with Gasteiger partial charge in [-0.1, -0.05) is 164 Å². The van der Waals surface area contributed by atoms with Gasteiger partial charge in [-0.3, -0.25) is 4.57 Å². The molecule has 10 rings (SSSR count). The molecule has 0 saturated carbocycles. The first-order valence-corrected chi connectivity index (χ1v) is 17.1. The fraction of sp³-hybridized carbons (Fsp3) is 0. The Morgan fingerprint density at radius 1 is 0.412 bits per heavy atom. The highest BCUT2D eigenvalue weighted by atomic mass is 15.1. The predicted octanol–water partition coefficient (Wildman–Crippen LogP) is 13.2. The van der Waals surface area contributed by atoms with Gasteiger partial charge in [0.1, 0.15) is 5.82 Å². The molecule has 10 aromatic rings. The van der Waals surface area contributed by atoms with Crippen molar-refractivity contribution in [1.82, 2.24) is 9.55 Å². The third-order valence-electron chi connectivity index (χ3n) is 9.86. The second-order valence-electron chi connectivity index (χ2n) is 12.8. The zero-order valence-corrected chi connectivity index (χ0v) is 27.5. The maximum atomic E-state index is 9.04. The van der Waals surface area contributed by atoms with Crippen molar-refractivity contribution >= 4 is 43.4 Å². The van der Waals surface area contributed by atoms with Crippen LogP contribution in [0.4, 0.5) is 0 Å². The van der Waals surface area contributed by atoms with Crippen LogP contribution < -0.4 is 0 Å². The van der Waals surface area contributed by atoms with E-state index in [0.717, 1.165) is 77.3 Å². The molecule has 51 heavy (non-hydrogen) atoms. The van der Waals surface area contributed by atoms with Crippen LogP contribution in [0.2, 0.25) is 0 Å². The van der Waals surface area contributed by atoms with Gasteiger partial charge in [0, 0.05) is 11.3 Å². The lowest BCUT2D eigenvalue weighted by Gasteiger charge is -2.19. The van der Waals surface area contributed by atoms with Crippen LogP contribution in [-0.2, 0) is 0 Å². The number of para-hydroxylation sites is 2. The lowest BCUT2D eigenvalue weighted by Crippen LogP contribution is -1.98. The molecule has 1 aromatic heterocycles. The number of aromatic nitrogens is 2. The molecule has 0 N–H and O–H groups in total. The highest BCUT2D eigenvalue weighted by Gasteiger charge is 2.19. The van der Waals surface area contributed by atoms with Crippen LogP contribution in [0, 0.1) is 0 Å². The topological polar surface area (TPSA) is 17.8 Å². The normalized spacial score (nSPS) is 12.9. The van der Waals surface area contributed by atoms with E-state index in [1.165, 1.54) is 5.39 Å². The van der Waals surface area contributed by atoms with Crippen LogP contribution in [0.25, 0.3) is 93.8 Å². The molecule has 0 bridgehead atoms. The second kappa shape index (κ2) is 12.0. The fourth-order valence-corrected chi connectivity index (χ4v) is 7.53. The second-order valence-corrected chi connectivity index (χ2v) is 12.8. The Morgan fingerprint density at radius 2 is 1.04 bits per heavy atom. The van der Waals surface area contributed by atoms with Crippen molar-refractivity contribution in [2.45, 2.75) is 0 Å². The SMILES string of the molecule is [2H]c1c([2H])c([2H])c(-c2c3ccccc3c(-c3ccc(-c4nc5ccccc5n4-c4ccc5ccccc5c4)cc3)c3ccc(-c4ccccc4)cc23)c([2H])c1[2H]. The van der Waals surface area contributed by atoms with E-state index >= 15 is 0 Å². The van der Waals surface area contributed by atoms with Gasteiger partial charge in [0.2, 0.25) is 0 Å². The molecule has 238 valence electrons. The first kappa shape index (κ1) is 24.4. The lowest BCUT2D eigenvalue weighted by molar-refractivity contribution is 1.11. The molecule has 9 aromatic carbocycles. The Labute approximate surface area is 303 Å². The molecule has 1 heterocycles. The Morgan fingerprint density at radius 3 is 1.84 bits per heavy atom. The molecule has 0 aliphatic carbocycles. The van der Waals surface area contributed by atoms with Gasteiger partial charge in [-0.15, -0.1) is 0 Å². The molecule has 2 heteroatoms. The largest absolute Gasteiger partial charge is 0.292 e. The quantitative estimate of drug-likeness (QED) is 0.169. The Balaban J connectivity index is 1.21. The number of hydrogen-bond donors (Lipinski definition) is 0. The number of imidazole rings is 1. The minimum absolute atomic E-state index is 0.192. The van der Waals surface area contributed by atoms with Crippen molar-refractivity contribution in [2.75, 3.05) is 0 Å². The van der Waals surface area contributed by atoms with Crippen molar-refractivity contribution in [3.8, 4) is 50.5 Å². The van der Waals surface area contributed by atoms with E-state index in [2.05, 4.69) is 114 Å². The summed E-state index contributed by atoms with van der Waals surface area (Å²) < 4.78 is 45.8. The molecule has 2 nitrogen and oxygen atoms in total. The minimum atomic E-state index is -0.409. The molecule has 0 aliphatic rings. The van der Waals surface area contributed by atoms with Gasteiger partial charge in [0.05, 0.1) is 17.9 Å². The molecule has 0 atom stereocenters. The average molecular weight is 654 g/mol. The summed E-state index contributed by atoms with van der Waals surface area (Å²) in [6.07, 6.45) is 0. The van der Waals surface area contributed by atoms with Gasteiger partial charge in [0.15, 0.2) is 0 Å². The minimum Gasteiger partial charge on any atom is -0.292 e. The summed E-state index contributed by atoms with van der Waals surface area (Å²) in [6, 6.07) is 54.4. The molecule has 0 saturated heterocycles. The van der Waals surface area contributed by atoms with E-state index in [1.54, 1.807) is 0 Å². The van der Waals surface area contributed by atoms with Crippen LogP contribution in [-0.4, -0.2) is 9.55 Å². The molecule has 0 unspecified atom stereocenters. The number of hydrogen-bond acceptors (Lipinski definition) is 1. The summed E-state index contributed by atoms with van der Waals surface area (Å²) in [5.74, 6) is 0.840. The standard InChI is InChI=1S/C49H32N2/c1-3-13-33(14-4-1)39-28-30-43-44(32-39)48(35-16-5-2-6-17-35)42-20-10-9-19-41(42)47(43)36-23-25-37(26-24-36)49-50-45-21-11-12-22-46(45)51(49)40-29-27-34-15-7-8-18-38(34)31-40/h1-32H/i2D,5D,6D,16D,17D. The molecule has 0 aliphatic heterocycles. The zero-order valence-electron chi connectivity index (χ0n) is 32.5. The Kier molecular flexibility index (Phi) is 5.73. The number of nitrogens with zero attached hydrogens (tertiary/aromatic N) is 2. The highest BCUT2D eigenvalue weighted by molar-refractivity contribution is 6.22. The van der Waals surface area contributed by atoms with E-state index in [9.17, 15) is 0 Å². The fourth-order valence-electron chi connectivity index (χ4n) is 7.53. The highest BCUT2D eigenvalue weighted by Crippen LogP contribution is 2.45. The van der Waals surface area contributed by atoms with Crippen molar-refractivity contribution in [1.29, 1.82) is 0 Å². The van der Waals surface area contributed by atoms with Crippen LogP contribution >= 0.6 is 0 Å². The van der Waals surface area contributed by atoms with E-state index < -0.39 is 6.04 Å². The zero-order chi connectivity index (χ0) is 38.1. The molecular formula is C49H32N2. The third kappa shape index (κ3) is 4.92. The van der Waals surface area contributed by atoms with Crippen molar-refractivity contribution < 1.29 is 6.85 Å². The summed E-state index contributed by atoms with van der Waals surface area (Å²) >= 11 is 0.